The smallest absolute Gasteiger partial charge is 0.207 e. The molecule has 0 aromatic heterocycles. The van der Waals surface area contributed by atoms with Gasteiger partial charge in [0.1, 0.15) is 10.7 Å². The molecule has 1 aliphatic rings. The number of alkyl halides is 1. The molecule has 0 aliphatic heterocycles. The predicted molar refractivity (Wildman–Crippen MR) is 82.7 cm³/mol. The highest BCUT2D eigenvalue weighted by atomic mass is 35.5. The van der Waals surface area contributed by atoms with E-state index in [1.807, 2.05) is 0 Å². The molecule has 0 saturated heterocycles. The summed E-state index contributed by atoms with van der Waals surface area (Å²) in [5, 5.41) is 0.167. The average Bonchev–Trinajstić information content (AvgIpc) is 2.93. The summed E-state index contributed by atoms with van der Waals surface area (Å²) in [5.74, 6) is -0.589. The van der Waals surface area contributed by atoms with Gasteiger partial charge in [-0.2, -0.15) is 0 Å². The zero-order valence-electron chi connectivity index (χ0n) is 11.8. The fourth-order valence-electron chi connectivity index (χ4n) is 2.73. The van der Waals surface area contributed by atoms with Gasteiger partial charge in [0.25, 0.3) is 0 Å². The summed E-state index contributed by atoms with van der Waals surface area (Å²) in [5.41, 5.74) is 0.0945. The highest BCUT2D eigenvalue weighted by molar-refractivity contribution is 7.89. The molecule has 0 unspecified atom stereocenters. The number of nitrogens with zero attached hydrogens (tertiary/aromatic N) is 1. The van der Waals surface area contributed by atoms with Crippen molar-refractivity contribution < 1.29 is 12.8 Å². The first-order valence-corrected chi connectivity index (χ1v) is 9.21. The van der Waals surface area contributed by atoms with Crippen molar-refractivity contribution in [1.29, 1.82) is 0 Å². The Hall–Kier alpha value is -0.360. The molecule has 118 valence electrons. The molecule has 1 aromatic rings. The van der Waals surface area contributed by atoms with Gasteiger partial charge in [0.2, 0.25) is 10.0 Å². The summed E-state index contributed by atoms with van der Waals surface area (Å²) in [6.07, 6.45) is 4.29. The number of hydrogen-bond acceptors (Lipinski definition) is 2. The molecule has 1 fully saturated rings. The second kappa shape index (κ2) is 6.82. The molecular formula is C14H18Cl2FNO2S. The average molecular weight is 354 g/mol. The third kappa shape index (κ3) is 3.70. The van der Waals surface area contributed by atoms with Crippen molar-refractivity contribution >= 4 is 33.2 Å². The van der Waals surface area contributed by atoms with Crippen LogP contribution in [0.1, 0.15) is 31.2 Å². The maximum atomic E-state index is 14.3. The van der Waals surface area contributed by atoms with Gasteiger partial charge in [0, 0.05) is 24.2 Å². The van der Waals surface area contributed by atoms with Crippen LogP contribution < -0.4 is 0 Å². The molecule has 21 heavy (non-hydrogen) atoms. The lowest BCUT2D eigenvalue weighted by Gasteiger charge is -2.21. The predicted octanol–water partition coefficient (Wildman–Crippen LogP) is 4.03. The summed E-state index contributed by atoms with van der Waals surface area (Å²) in [4.78, 5) is -0.397. The van der Waals surface area contributed by atoms with Crippen LogP contribution in [0.2, 0.25) is 5.02 Å². The summed E-state index contributed by atoms with van der Waals surface area (Å²) >= 11 is 11.5. The van der Waals surface area contributed by atoms with Crippen molar-refractivity contribution in [2.45, 2.75) is 36.5 Å². The number of benzene rings is 1. The van der Waals surface area contributed by atoms with E-state index in [0.29, 0.717) is 12.5 Å². The van der Waals surface area contributed by atoms with Gasteiger partial charge in [-0.05, 0) is 30.9 Å². The fraction of sp³-hybridized carbons (Fsp3) is 0.571. The maximum absolute atomic E-state index is 14.3. The molecular weight excluding hydrogens is 336 g/mol. The van der Waals surface area contributed by atoms with Gasteiger partial charge in [-0.15, -0.1) is 11.6 Å². The monoisotopic (exact) mass is 353 g/mol. The van der Waals surface area contributed by atoms with Crippen LogP contribution >= 0.6 is 23.2 Å². The van der Waals surface area contributed by atoms with Crippen LogP contribution in [0.25, 0.3) is 0 Å². The lowest BCUT2D eigenvalue weighted by Crippen LogP contribution is -2.32. The van der Waals surface area contributed by atoms with Crippen LogP contribution in [0.5, 0.6) is 0 Å². The van der Waals surface area contributed by atoms with Gasteiger partial charge in [-0.3, -0.25) is 0 Å². The van der Waals surface area contributed by atoms with E-state index in [1.165, 1.54) is 17.4 Å². The minimum absolute atomic E-state index is 0.0945. The zero-order chi connectivity index (χ0) is 15.6. The quantitative estimate of drug-likeness (QED) is 0.749. The Morgan fingerprint density at radius 2 is 1.95 bits per heavy atom. The molecule has 0 bridgehead atoms. The number of sulfonamides is 1. The van der Waals surface area contributed by atoms with Crippen molar-refractivity contribution in [3.05, 3.63) is 28.5 Å². The minimum Gasteiger partial charge on any atom is -0.207 e. The Morgan fingerprint density at radius 1 is 1.33 bits per heavy atom. The molecule has 1 aromatic carbocycles. The Balaban J connectivity index is 2.32. The fourth-order valence-corrected chi connectivity index (χ4v) is 4.60. The standard InChI is InChI=1S/C14H18Cl2FNO2S/c1-18(9-10-4-2-3-5-10)21(19,20)13-7-12(16)6-11(8-15)14(13)17/h6-7,10H,2-5,8-9H2,1H3. The second-order valence-electron chi connectivity index (χ2n) is 5.45. The van der Waals surface area contributed by atoms with Crippen molar-refractivity contribution in [2.24, 2.45) is 5.92 Å². The molecule has 0 atom stereocenters. The molecule has 0 radical (unpaired) electrons. The third-order valence-electron chi connectivity index (χ3n) is 3.90. The largest absolute Gasteiger partial charge is 0.245 e. The van der Waals surface area contributed by atoms with Crippen molar-refractivity contribution in [3.8, 4) is 0 Å². The Bertz CT molecular complexity index is 616. The summed E-state index contributed by atoms with van der Waals surface area (Å²) in [6.45, 7) is 0.407. The van der Waals surface area contributed by atoms with E-state index in [9.17, 15) is 12.8 Å². The van der Waals surface area contributed by atoms with Crippen LogP contribution in [0.4, 0.5) is 4.39 Å². The number of rotatable bonds is 5. The summed E-state index contributed by atoms with van der Waals surface area (Å²) in [7, 11) is -2.42. The van der Waals surface area contributed by atoms with Gasteiger partial charge in [0.15, 0.2) is 0 Å². The van der Waals surface area contributed by atoms with Crippen LogP contribution in [-0.2, 0) is 15.9 Å². The van der Waals surface area contributed by atoms with E-state index in [2.05, 4.69) is 0 Å². The van der Waals surface area contributed by atoms with Crippen LogP contribution in [-0.4, -0.2) is 26.3 Å². The van der Waals surface area contributed by atoms with Crippen LogP contribution in [0.15, 0.2) is 17.0 Å². The molecule has 0 heterocycles. The van der Waals surface area contributed by atoms with E-state index in [0.717, 1.165) is 31.7 Å². The minimum atomic E-state index is -3.90. The highest BCUT2D eigenvalue weighted by Crippen LogP contribution is 2.30. The highest BCUT2D eigenvalue weighted by Gasteiger charge is 2.29. The van der Waals surface area contributed by atoms with Crippen molar-refractivity contribution in [2.75, 3.05) is 13.6 Å². The van der Waals surface area contributed by atoms with E-state index in [4.69, 9.17) is 23.2 Å². The van der Waals surface area contributed by atoms with Gasteiger partial charge in [-0.1, -0.05) is 24.4 Å². The number of hydrogen-bond donors (Lipinski definition) is 0. The molecule has 3 nitrogen and oxygen atoms in total. The zero-order valence-corrected chi connectivity index (χ0v) is 14.1. The lowest BCUT2D eigenvalue weighted by atomic mass is 10.1. The van der Waals surface area contributed by atoms with E-state index in [1.54, 1.807) is 0 Å². The van der Waals surface area contributed by atoms with Gasteiger partial charge in [-0.25, -0.2) is 17.1 Å². The lowest BCUT2D eigenvalue weighted by molar-refractivity contribution is 0.385. The van der Waals surface area contributed by atoms with Crippen LogP contribution in [0, 0.1) is 11.7 Å². The molecule has 0 N–H and O–H groups in total. The van der Waals surface area contributed by atoms with Crippen molar-refractivity contribution in [1.82, 2.24) is 4.31 Å². The maximum Gasteiger partial charge on any atom is 0.245 e. The van der Waals surface area contributed by atoms with Crippen LogP contribution in [0.3, 0.4) is 0 Å². The molecule has 0 spiro atoms. The first-order valence-electron chi connectivity index (χ1n) is 6.86. The normalized spacial score (nSPS) is 16.8. The van der Waals surface area contributed by atoms with Gasteiger partial charge in [0.05, 0.1) is 5.88 Å². The number of halogens is 3. The summed E-state index contributed by atoms with van der Waals surface area (Å²) in [6, 6.07) is 2.49. The first-order chi connectivity index (χ1) is 9.86. The first kappa shape index (κ1) is 17.0. The SMILES string of the molecule is CN(CC1CCCC1)S(=O)(=O)c1cc(Cl)cc(CCl)c1F. The molecule has 0 amide bonds. The topological polar surface area (TPSA) is 37.4 Å². The molecule has 1 saturated carbocycles. The molecule has 2 rings (SSSR count). The third-order valence-corrected chi connectivity index (χ3v) is 6.23. The van der Waals surface area contributed by atoms with Gasteiger partial charge < -0.3 is 0 Å². The Labute approximate surface area is 135 Å². The summed E-state index contributed by atoms with van der Waals surface area (Å²) < 4.78 is 40.6. The molecule has 1 aliphatic carbocycles. The van der Waals surface area contributed by atoms with E-state index < -0.39 is 20.7 Å². The van der Waals surface area contributed by atoms with Crippen molar-refractivity contribution in [3.63, 3.8) is 0 Å². The van der Waals surface area contributed by atoms with E-state index in [-0.39, 0.29) is 16.5 Å². The molecule has 7 heteroatoms. The van der Waals surface area contributed by atoms with E-state index >= 15 is 0 Å². The van der Waals surface area contributed by atoms with Gasteiger partial charge >= 0.3 is 0 Å². The Kier molecular flexibility index (Phi) is 5.52. The second-order valence-corrected chi connectivity index (χ2v) is 8.16. The Morgan fingerprint density at radius 3 is 2.52 bits per heavy atom.